The highest BCUT2D eigenvalue weighted by Gasteiger charge is 2.41. The minimum Gasteiger partial charge on any atom is -0.480 e. The molecular formula is C15H22N2O2. The van der Waals surface area contributed by atoms with Gasteiger partial charge in [0, 0.05) is 18.8 Å². The Labute approximate surface area is 114 Å². The highest BCUT2D eigenvalue weighted by atomic mass is 16.4. The number of likely N-dealkylation sites (tertiary alicyclic amines) is 1. The number of carboxylic acid groups (broad SMARTS) is 1. The summed E-state index contributed by atoms with van der Waals surface area (Å²) in [6, 6.07) is 9.61. The van der Waals surface area contributed by atoms with Gasteiger partial charge in [0.15, 0.2) is 0 Å². The van der Waals surface area contributed by atoms with E-state index in [9.17, 15) is 9.90 Å². The SMILES string of the molecule is CCCN1CCC(Nc2ccccc2)(C(=O)O)CC1. The number of aliphatic carboxylic acids is 1. The third kappa shape index (κ3) is 3.26. The number of carbonyl (C=O) groups is 1. The Balaban J connectivity index is 2.06. The zero-order chi connectivity index (χ0) is 13.7. The predicted molar refractivity (Wildman–Crippen MR) is 76.4 cm³/mol. The number of hydrogen-bond acceptors (Lipinski definition) is 3. The number of hydrogen-bond donors (Lipinski definition) is 2. The summed E-state index contributed by atoms with van der Waals surface area (Å²) in [6.45, 7) is 4.91. The number of nitrogens with one attached hydrogen (secondary N) is 1. The molecule has 2 rings (SSSR count). The minimum atomic E-state index is -0.814. The van der Waals surface area contributed by atoms with Gasteiger partial charge in [-0.15, -0.1) is 0 Å². The zero-order valence-corrected chi connectivity index (χ0v) is 11.4. The second-order valence-corrected chi connectivity index (χ2v) is 5.22. The van der Waals surface area contributed by atoms with Gasteiger partial charge in [0.05, 0.1) is 0 Å². The molecule has 1 heterocycles. The summed E-state index contributed by atoms with van der Waals surface area (Å²) in [4.78, 5) is 14.0. The monoisotopic (exact) mass is 262 g/mol. The molecule has 19 heavy (non-hydrogen) atoms. The smallest absolute Gasteiger partial charge is 0.329 e. The third-order valence-electron chi connectivity index (χ3n) is 3.82. The van der Waals surface area contributed by atoms with Crippen molar-refractivity contribution in [2.45, 2.75) is 31.7 Å². The summed E-state index contributed by atoms with van der Waals surface area (Å²) in [5.41, 5.74) is 0.0693. The molecule has 0 aliphatic carbocycles. The number of carboxylic acids is 1. The number of benzene rings is 1. The molecule has 1 aliphatic rings. The molecule has 1 aromatic rings. The number of piperidine rings is 1. The highest BCUT2D eigenvalue weighted by molar-refractivity contribution is 5.83. The summed E-state index contributed by atoms with van der Waals surface area (Å²) >= 11 is 0. The van der Waals surface area contributed by atoms with Crippen molar-refractivity contribution in [1.29, 1.82) is 0 Å². The molecule has 0 unspecified atom stereocenters. The lowest BCUT2D eigenvalue weighted by Crippen LogP contribution is -2.54. The van der Waals surface area contributed by atoms with Crippen LogP contribution in [0.5, 0.6) is 0 Å². The van der Waals surface area contributed by atoms with E-state index in [0.29, 0.717) is 12.8 Å². The van der Waals surface area contributed by atoms with E-state index >= 15 is 0 Å². The standard InChI is InChI=1S/C15H22N2O2/c1-2-10-17-11-8-15(9-12-17,14(18)19)16-13-6-4-3-5-7-13/h3-7,16H,2,8-12H2,1H3,(H,18,19). The molecule has 2 N–H and O–H groups in total. The molecule has 1 aliphatic heterocycles. The Bertz CT molecular complexity index is 411. The Morgan fingerprint density at radius 2 is 1.95 bits per heavy atom. The molecular weight excluding hydrogens is 240 g/mol. The maximum atomic E-state index is 11.7. The van der Waals surface area contributed by atoms with E-state index < -0.39 is 11.5 Å². The first kappa shape index (κ1) is 13.9. The normalized spacial score (nSPS) is 19.0. The lowest BCUT2D eigenvalue weighted by atomic mass is 9.87. The van der Waals surface area contributed by atoms with Gasteiger partial charge < -0.3 is 15.3 Å². The molecule has 0 amide bonds. The van der Waals surface area contributed by atoms with Crippen LogP contribution in [0.1, 0.15) is 26.2 Å². The van der Waals surface area contributed by atoms with Gasteiger partial charge in [-0.25, -0.2) is 4.79 Å². The maximum Gasteiger partial charge on any atom is 0.329 e. The van der Waals surface area contributed by atoms with Gasteiger partial charge in [0.2, 0.25) is 0 Å². The molecule has 1 saturated heterocycles. The van der Waals surface area contributed by atoms with Gasteiger partial charge in [-0.3, -0.25) is 0 Å². The van der Waals surface area contributed by atoms with Crippen molar-refractivity contribution < 1.29 is 9.90 Å². The summed E-state index contributed by atoms with van der Waals surface area (Å²) in [5.74, 6) is -0.743. The van der Waals surface area contributed by atoms with Crippen LogP contribution in [0.3, 0.4) is 0 Å². The van der Waals surface area contributed by atoms with E-state index in [0.717, 1.165) is 31.7 Å². The fourth-order valence-corrected chi connectivity index (χ4v) is 2.66. The minimum absolute atomic E-state index is 0.650. The van der Waals surface area contributed by atoms with Crippen molar-refractivity contribution >= 4 is 11.7 Å². The van der Waals surface area contributed by atoms with Crippen LogP contribution in [0, 0.1) is 0 Å². The van der Waals surface area contributed by atoms with Crippen molar-refractivity contribution in [3.63, 3.8) is 0 Å². The molecule has 0 aromatic heterocycles. The van der Waals surface area contributed by atoms with Crippen molar-refractivity contribution in [3.8, 4) is 0 Å². The van der Waals surface area contributed by atoms with Gasteiger partial charge in [-0.1, -0.05) is 25.1 Å². The largest absolute Gasteiger partial charge is 0.480 e. The third-order valence-corrected chi connectivity index (χ3v) is 3.82. The predicted octanol–water partition coefficient (Wildman–Crippen LogP) is 2.43. The van der Waals surface area contributed by atoms with Crippen LogP contribution < -0.4 is 5.32 Å². The first-order chi connectivity index (χ1) is 9.16. The summed E-state index contributed by atoms with van der Waals surface area (Å²) in [5, 5.41) is 12.8. The van der Waals surface area contributed by atoms with Crippen LogP contribution in [0.25, 0.3) is 0 Å². The topological polar surface area (TPSA) is 52.6 Å². The molecule has 4 heteroatoms. The Morgan fingerprint density at radius 1 is 1.32 bits per heavy atom. The van der Waals surface area contributed by atoms with E-state index in [2.05, 4.69) is 17.1 Å². The van der Waals surface area contributed by atoms with Crippen LogP contribution in [0.15, 0.2) is 30.3 Å². The van der Waals surface area contributed by atoms with Gasteiger partial charge in [-0.2, -0.15) is 0 Å². The molecule has 0 atom stereocenters. The van der Waals surface area contributed by atoms with Crippen molar-refractivity contribution in [2.24, 2.45) is 0 Å². The number of nitrogens with zero attached hydrogens (tertiary/aromatic N) is 1. The van der Waals surface area contributed by atoms with Gasteiger partial charge in [-0.05, 0) is 37.9 Å². The van der Waals surface area contributed by atoms with Crippen LogP contribution in [0.2, 0.25) is 0 Å². The van der Waals surface area contributed by atoms with E-state index in [1.54, 1.807) is 0 Å². The quantitative estimate of drug-likeness (QED) is 0.855. The van der Waals surface area contributed by atoms with E-state index in [1.807, 2.05) is 30.3 Å². The van der Waals surface area contributed by atoms with Crippen LogP contribution in [-0.2, 0) is 4.79 Å². The second-order valence-electron chi connectivity index (χ2n) is 5.22. The Hall–Kier alpha value is -1.55. The number of rotatable bonds is 5. The van der Waals surface area contributed by atoms with Crippen molar-refractivity contribution in [3.05, 3.63) is 30.3 Å². The lowest BCUT2D eigenvalue weighted by molar-refractivity contribution is -0.144. The Morgan fingerprint density at radius 3 is 2.47 bits per heavy atom. The van der Waals surface area contributed by atoms with Crippen LogP contribution in [-0.4, -0.2) is 41.1 Å². The molecule has 0 saturated carbocycles. The van der Waals surface area contributed by atoms with Crippen LogP contribution in [0.4, 0.5) is 5.69 Å². The molecule has 0 bridgehead atoms. The summed E-state index contributed by atoms with van der Waals surface area (Å²) < 4.78 is 0. The molecule has 1 aromatic carbocycles. The first-order valence-electron chi connectivity index (χ1n) is 6.95. The van der Waals surface area contributed by atoms with E-state index in [4.69, 9.17) is 0 Å². The van der Waals surface area contributed by atoms with Gasteiger partial charge in [0.25, 0.3) is 0 Å². The molecule has 0 radical (unpaired) electrons. The molecule has 0 spiro atoms. The van der Waals surface area contributed by atoms with E-state index in [1.165, 1.54) is 0 Å². The van der Waals surface area contributed by atoms with E-state index in [-0.39, 0.29) is 0 Å². The molecule has 104 valence electrons. The fraction of sp³-hybridized carbons (Fsp3) is 0.533. The lowest BCUT2D eigenvalue weighted by Gasteiger charge is -2.39. The molecule has 1 fully saturated rings. The highest BCUT2D eigenvalue weighted by Crippen LogP contribution is 2.27. The number of anilines is 1. The fourth-order valence-electron chi connectivity index (χ4n) is 2.66. The molecule has 4 nitrogen and oxygen atoms in total. The summed E-state index contributed by atoms with van der Waals surface area (Å²) in [6.07, 6.45) is 2.42. The van der Waals surface area contributed by atoms with Crippen molar-refractivity contribution in [2.75, 3.05) is 25.0 Å². The van der Waals surface area contributed by atoms with Crippen molar-refractivity contribution in [1.82, 2.24) is 4.90 Å². The maximum absolute atomic E-state index is 11.7. The average molecular weight is 262 g/mol. The second kappa shape index (κ2) is 6.06. The zero-order valence-electron chi connectivity index (χ0n) is 11.4. The number of para-hydroxylation sites is 1. The first-order valence-corrected chi connectivity index (χ1v) is 6.95. The van der Waals surface area contributed by atoms with Gasteiger partial charge >= 0.3 is 5.97 Å². The Kier molecular flexibility index (Phi) is 4.43. The van der Waals surface area contributed by atoms with Crippen LogP contribution >= 0.6 is 0 Å². The summed E-state index contributed by atoms with van der Waals surface area (Å²) in [7, 11) is 0. The van der Waals surface area contributed by atoms with Gasteiger partial charge in [0.1, 0.15) is 5.54 Å². The average Bonchev–Trinajstić information content (AvgIpc) is 2.42.